The smallest absolute Gasteiger partial charge is 0.312 e. The maximum Gasteiger partial charge on any atom is 0.401 e. The van der Waals surface area contributed by atoms with Crippen LogP contribution in [0.25, 0.3) is 0 Å². The van der Waals surface area contributed by atoms with E-state index >= 15 is 0 Å². The minimum Gasteiger partial charge on any atom is -0.312 e. The summed E-state index contributed by atoms with van der Waals surface area (Å²) in [5.41, 5.74) is 0. The van der Waals surface area contributed by atoms with E-state index in [1.54, 1.807) is 6.92 Å². The summed E-state index contributed by atoms with van der Waals surface area (Å²) in [5, 5.41) is 3.49. The summed E-state index contributed by atoms with van der Waals surface area (Å²) in [4.78, 5) is 1.46. The van der Waals surface area contributed by atoms with E-state index < -0.39 is 12.7 Å². The molecule has 0 heterocycles. The molecular weight excluding hydrogens is 241 g/mol. The minimum absolute atomic E-state index is 0.457. The van der Waals surface area contributed by atoms with Crippen molar-refractivity contribution >= 4 is 0 Å². The van der Waals surface area contributed by atoms with Crippen LogP contribution in [0.2, 0.25) is 0 Å². The Balaban J connectivity index is 1.66. The van der Waals surface area contributed by atoms with Gasteiger partial charge in [-0.05, 0) is 44.1 Å². The molecule has 2 saturated carbocycles. The highest BCUT2D eigenvalue weighted by Crippen LogP contribution is 2.44. The maximum atomic E-state index is 12.3. The number of likely N-dealkylation sites (N-methyl/N-ethyl adjacent to an activating group) is 1. The molecule has 0 spiro atoms. The summed E-state index contributed by atoms with van der Waals surface area (Å²) in [7, 11) is 0. The van der Waals surface area contributed by atoms with Crippen LogP contribution in [0.5, 0.6) is 0 Å². The van der Waals surface area contributed by atoms with E-state index in [0.717, 1.165) is 11.8 Å². The standard InChI is InChI=1S/C13H23F3N2/c1-2-18(9-13(14,15)16)8-7-17-12(10-3-4-10)11-5-6-11/h10-12,17H,2-9H2,1H3. The van der Waals surface area contributed by atoms with Crippen LogP contribution in [0.3, 0.4) is 0 Å². The van der Waals surface area contributed by atoms with Gasteiger partial charge in [-0.25, -0.2) is 0 Å². The van der Waals surface area contributed by atoms with Gasteiger partial charge in [0.25, 0.3) is 0 Å². The Bertz CT molecular complexity index is 247. The first-order valence-corrected chi connectivity index (χ1v) is 7.02. The van der Waals surface area contributed by atoms with E-state index in [2.05, 4.69) is 5.32 Å². The first-order chi connectivity index (χ1) is 8.49. The lowest BCUT2D eigenvalue weighted by molar-refractivity contribution is -0.145. The Morgan fingerprint density at radius 2 is 1.72 bits per heavy atom. The largest absolute Gasteiger partial charge is 0.401 e. The van der Waals surface area contributed by atoms with Gasteiger partial charge in [0.05, 0.1) is 6.54 Å². The molecule has 0 atom stereocenters. The fraction of sp³-hybridized carbons (Fsp3) is 1.00. The second-order valence-corrected chi connectivity index (χ2v) is 5.64. The molecule has 5 heteroatoms. The Morgan fingerprint density at radius 1 is 1.17 bits per heavy atom. The van der Waals surface area contributed by atoms with Crippen LogP contribution in [0, 0.1) is 11.8 Å². The third-order valence-corrected chi connectivity index (χ3v) is 3.92. The van der Waals surface area contributed by atoms with Crippen molar-refractivity contribution in [3.05, 3.63) is 0 Å². The highest BCUT2D eigenvalue weighted by Gasteiger charge is 2.41. The molecule has 2 rings (SSSR count). The Hall–Kier alpha value is -0.290. The molecule has 0 aromatic carbocycles. The van der Waals surface area contributed by atoms with E-state index in [4.69, 9.17) is 0 Å². The minimum atomic E-state index is -4.08. The quantitative estimate of drug-likeness (QED) is 0.725. The van der Waals surface area contributed by atoms with Crippen molar-refractivity contribution in [2.24, 2.45) is 11.8 Å². The monoisotopic (exact) mass is 264 g/mol. The van der Waals surface area contributed by atoms with Crippen molar-refractivity contribution in [3.63, 3.8) is 0 Å². The van der Waals surface area contributed by atoms with Gasteiger partial charge in [0.15, 0.2) is 0 Å². The lowest BCUT2D eigenvalue weighted by atomic mass is 10.1. The molecule has 0 amide bonds. The maximum absolute atomic E-state index is 12.3. The molecule has 18 heavy (non-hydrogen) atoms. The van der Waals surface area contributed by atoms with Crippen molar-refractivity contribution in [2.75, 3.05) is 26.2 Å². The van der Waals surface area contributed by atoms with Crippen molar-refractivity contribution in [3.8, 4) is 0 Å². The van der Waals surface area contributed by atoms with Gasteiger partial charge >= 0.3 is 6.18 Å². The first kappa shape index (κ1) is 14.1. The van der Waals surface area contributed by atoms with Crippen molar-refractivity contribution < 1.29 is 13.2 Å². The lowest BCUT2D eigenvalue weighted by Crippen LogP contribution is -2.42. The molecule has 2 aliphatic carbocycles. The molecule has 106 valence electrons. The number of hydrogen-bond acceptors (Lipinski definition) is 2. The predicted molar refractivity (Wildman–Crippen MR) is 65.4 cm³/mol. The Labute approximate surface area is 107 Å². The van der Waals surface area contributed by atoms with Crippen molar-refractivity contribution in [1.29, 1.82) is 0 Å². The second kappa shape index (κ2) is 5.78. The predicted octanol–water partition coefficient (Wildman–Crippen LogP) is 2.65. The summed E-state index contributed by atoms with van der Waals surface area (Å²) in [6.45, 7) is 2.62. The van der Waals surface area contributed by atoms with Gasteiger partial charge in [0.2, 0.25) is 0 Å². The lowest BCUT2D eigenvalue weighted by Gasteiger charge is -2.24. The zero-order valence-electron chi connectivity index (χ0n) is 11.0. The topological polar surface area (TPSA) is 15.3 Å². The van der Waals surface area contributed by atoms with Crippen LogP contribution in [-0.2, 0) is 0 Å². The zero-order valence-corrected chi connectivity index (χ0v) is 11.0. The van der Waals surface area contributed by atoms with Gasteiger partial charge in [-0.3, -0.25) is 4.90 Å². The third kappa shape index (κ3) is 4.76. The normalized spacial score (nSPS) is 21.0. The number of rotatable bonds is 8. The van der Waals surface area contributed by atoms with Gasteiger partial charge < -0.3 is 5.32 Å². The van der Waals surface area contributed by atoms with Gasteiger partial charge in [0, 0.05) is 19.1 Å². The summed E-state index contributed by atoms with van der Waals surface area (Å²) in [6, 6.07) is 0.578. The second-order valence-electron chi connectivity index (χ2n) is 5.64. The average Bonchev–Trinajstić information content (AvgIpc) is 3.14. The van der Waals surface area contributed by atoms with E-state index in [0.29, 0.717) is 25.7 Å². The number of nitrogens with zero attached hydrogens (tertiary/aromatic N) is 1. The Kier molecular flexibility index (Phi) is 4.54. The van der Waals surface area contributed by atoms with Gasteiger partial charge in [-0.2, -0.15) is 13.2 Å². The van der Waals surface area contributed by atoms with Crippen molar-refractivity contribution in [1.82, 2.24) is 10.2 Å². The third-order valence-electron chi connectivity index (χ3n) is 3.92. The number of halogens is 3. The summed E-state index contributed by atoms with van der Waals surface area (Å²) in [5.74, 6) is 1.60. The van der Waals surface area contributed by atoms with Crippen molar-refractivity contribution in [2.45, 2.75) is 44.8 Å². The molecule has 0 unspecified atom stereocenters. The molecule has 0 aliphatic heterocycles. The van der Waals surface area contributed by atoms with Crippen LogP contribution in [0.4, 0.5) is 13.2 Å². The number of alkyl halides is 3. The molecule has 1 N–H and O–H groups in total. The van der Waals surface area contributed by atoms with Crippen LogP contribution >= 0.6 is 0 Å². The van der Waals surface area contributed by atoms with Crippen LogP contribution in [0.1, 0.15) is 32.6 Å². The highest BCUT2D eigenvalue weighted by atomic mass is 19.4. The van der Waals surface area contributed by atoms with E-state index in [1.807, 2.05) is 0 Å². The SMILES string of the molecule is CCN(CCNC(C1CC1)C1CC1)CC(F)(F)F. The average molecular weight is 264 g/mol. The van der Waals surface area contributed by atoms with Crippen LogP contribution < -0.4 is 5.32 Å². The van der Waals surface area contributed by atoms with E-state index in [1.165, 1.54) is 30.6 Å². The van der Waals surface area contributed by atoms with Crippen LogP contribution in [-0.4, -0.2) is 43.3 Å². The highest BCUT2D eigenvalue weighted by molar-refractivity contribution is 4.96. The molecule has 2 nitrogen and oxygen atoms in total. The van der Waals surface area contributed by atoms with Gasteiger partial charge in [-0.1, -0.05) is 6.92 Å². The molecule has 0 saturated heterocycles. The molecular formula is C13H23F3N2. The van der Waals surface area contributed by atoms with Gasteiger partial charge in [0.1, 0.15) is 0 Å². The first-order valence-electron chi connectivity index (χ1n) is 7.02. The molecule has 2 aliphatic rings. The fourth-order valence-corrected chi connectivity index (χ4v) is 2.62. The summed E-state index contributed by atoms with van der Waals surface area (Å²) in [6.07, 6.45) is 1.12. The van der Waals surface area contributed by atoms with Crippen LogP contribution in [0.15, 0.2) is 0 Å². The summed E-state index contributed by atoms with van der Waals surface area (Å²) >= 11 is 0. The Morgan fingerprint density at radius 3 is 2.11 bits per heavy atom. The fourth-order valence-electron chi connectivity index (χ4n) is 2.62. The van der Waals surface area contributed by atoms with E-state index in [9.17, 15) is 13.2 Å². The summed E-state index contributed by atoms with van der Waals surface area (Å²) < 4.78 is 36.9. The number of nitrogens with one attached hydrogen (secondary N) is 1. The van der Waals surface area contributed by atoms with E-state index in [-0.39, 0.29) is 0 Å². The molecule has 0 radical (unpaired) electrons. The molecule has 0 aromatic heterocycles. The molecule has 2 fully saturated rings. The molecule has 0 aromatic rings. The molecule has 0 bridgehead atoms. The number of hydrogen-bond donors (Lipinski definition) is 1. The van der Waals surface area contributed by atoms with Gasteiger partial charge in [-0.15, -0.1) is 0 Å². The zero-order chi connectivity index (χ0) is 13.2.